The molecule has 0 heterocycles. The second kappa shape index (κ2) is 8.57. The highest BCUT2D eigenvalue weighted by Gasteiger charge is 2.58. The summed E-state index contributed by atoms with van der Waals surface area (Å²) in [5, 5.41) is 10.3. The van der Waals surface area contributed by atoms with Crippen molar-refractivity contribution < 1.29 is 5.11 Å². The fraction of sp³-hybridized carbons (Fsp3) is 0.931. The first kappa shape index (κ1) is 22.9. The van der Waals surface area contributed by atoms with Crippen LogP contribution in [0.1, 0.15) is 112 Å². The van der Waals surface area contributed by atoms with E-state index in [1.807, 2.05) is 5.57 Å². The number of aliphatic hydroxyl groups is 1. The predicted molar refractivity (Wildman–Crippen MR) is 128 cm³/mol. The van der Waals surface area contributed by atoms with Gasteiger partial charge in [0, 0.05) is 0 Å². The Labute approximate surface area is 187 Å². The molecule has 172 valence electrons. The van der Waals surface area contributed by atoms with Gasteiger partial charge < -0.3 is 5.11 Å². The summed E-state index contributed by atoms with van der Waals surface area (Å²) in [4.78, 5) is 0. The maximum Gasteiger partial charge on any atom is 0.0543 e. The minimum Gasteiger partial charge on any atom is -0.393 e. The van der Waals surface area contributed by atoms with Gasteiger partial charge >= 0.3 is 0 Å². The molecule has 0 aromatic carbocycles. The van der Waals surface area contributed by atoms with E-state index >= 15 is 0 Å². The molecule has 30 heavy (non-hydrogen) atoms. The van der Waals surface area contributed by atoms with Crippen LogP contribution in [0.25, 0.3) is 0 Å². The molecule has 4 aliphatic rings. The molecular formula is C29H50O. The topological polar surface area (TPSA) is 20.2 Å². The van der Waals surface area contributed by atoms with E-state index < -0.39 is 0 Å². The van der Waals surface area contributed by atoms with Gasteiger partial charge in [-0.1, -0.05) is 66.0 Å². The summed E-state index contributed by atoms with van der Waals surface area (Å²) in [5.74, 6) is 5.92. The lowest BCUT2D eigenvalue weighted by Crippen LogP contribution is -2.49. The minimum atomic E-state index is -0.0404. The molecule has 0 bridgehead atoms. The number of hydrogen-bond donors (Lipinski definition) is 1. The van der Waals surface area contributed by atoms with Crippen LogP contribution in [0.5, 0.6) is 0 Å². The van der Waals surface area contributed by atoms with Crippen LogP contribution in [0.3, 0.4) is 0 Å². The van der Waals surface area contributed by atoms with E-state index in [1.54, 1.807) is 0 Å². The second-order valence-electron chi connectivity index (χ2n) is 12.9. The zero-order valence-electron chi connectivity index (χ0n) is 20.9. The van der Waals surface area contributed by atoms with Gasteiger partial charge in [-0.25, -0.2) is 0 Å². The summed E-state index contributed by atoms with van der Waals surface area (Å²) in [5.41, 5.74) is 2.88. The van der Waals surface area contributed by atoms with E-state index in [4.69, 9.17) is 0 Å². The molecule has 0 radical (unpaired) electrons. The largest absolute Gasteiger partial charge is 0.393 e. The Morgan fingerprint density at radius 3 is 2.37 bits per heavy atom. The minimum absolute atomic E-state index is 0.0404. The lowest BCUT2D eigenvalue weighted by atomic mass is 9.47. The van der Waals surface area contributed by atoms with Gasteiger partial charge in [-0.15, -0.1) is 0 Å². The smallest absolute Gasteiger partial charge is 0.0543 e. The van der Waals surface area contributed by atoms with Crippen molar-refractivity contribution in [2.75, 3.05) is 0 Å². The molecule has 0 saturated heterocycles. The van der Waals surface area contributed by atoms with E-state index in [0.717, 1.165) is 54.3 Å². The highest BCUT2D eigenvalue weighted by molar-refractivity contribution is 5.27. The first-order chi connectivity index (χ1) is 14.2. The van der Waals surface area contributed by atoms with Gasteiger partial charge in [0.05, 0.1) is 6.10 Å². The summed E-state index contributed by atoms with van der Waals surface area (Å²) in [6.45, 7) is 15.1. The number of aliphatic hydroxyl groups excluding tert-OH is 1. The molecule has 1 heteroatoms. The van der Waals surface area contributed by atoms with Crippen molar-refractivity contribution in [3.63, 3.8) is 0 Å². The molecule has 0 aromatic heterocycles. The monoisotopic (exact) mass is 414 g/mol. The Morgan fingerprint density at radius 1 is 0.967 bits per heavy atom. The van der Waals surface area contributed by atoms with Crippen molar-refractivity contribution in [3.8, 4) is 0 Å². The quantitative estimate of drug-likeness (QED) is 0.436. The Kier molecular flexibility index (Phi) is 6.53. The normalized spacial score (nSPS) is 45.3. The van der Waals surface area contributed by atoms with Gasteiger partial charge in [0.15, 0.2) is 0 Å². The van der Waals surface area contributed by atoms with E-state index in [9.17, 15) is 5.11 Å². The molecule has 4 aliphatic carbocycles. The molecule has 0 spiro atoms. The first-order valence-corrected chi connectivity index (χ1v) is 13.6. The van der Waals surface area contributed by atoms with Gasteiger partial charge in [-0.05, 0) is 110 Å². The van der Waals surface area contributed by atoms with Crippen LogP contribution in [0.4, 0.5) is 0 Å². The molecular weight excluding hydrogens is 364 g/mol. The molecule has 0 amide bonds. The Balaban J connectivity index is 1.48. The number of fused-ring (bicyclic) bond motifs is 5. The maximum absolute atomic E-state index is 10.3. The Hall–Kier alpha value is -0.300. The first-order valence-electron chi connectivity index (χ1n) is 13.6. The third-order valence-corrected chi connectivity index (χ3v) is 11.3. The average Bonchev–Trinajstić information content (AvgIpc) is 3.06. The van der Waals surface area contributed by atoms with E-state index in [2.05, 4.69) is 47.6 Å². The second-order valence-corrected chi connectivity index (χ2v) is 12.9. The fourth-order valence-corrected chi connectivity index (χ4v) is 9.15. The van der Waals surface area contributed by atoms with Crippen molar-refractivity contribution in [2.45, 2.75) is 118 Å². The number of allylic oxidation sites excluding steroid dienone is 2. The Bertz CT molecular complexity index is 634. The van der Waals surface area contributed by atoms with Crippen LogP contribution in [0.2, 0.25) is 0 Å². The summed E-state index contributed by atoms with van der Waals surface area (Å²) in [7, 11) is 0. The maximum atomic E-state index is 10.3. The fourth-order valence-electron chi connectivity index (χ4n) is 9.15. The van der Waals surface area contributed by atoms with Crippen LogP contribution in [-0.2, 0) is 0 Å². The van der Waals surface area contributed by atoms with Gasteiger partial charge in [0.1, 0.15) is 0 Å². The van der Waals surface area contributed by atoms with E-state index in [-0.39, 0.29) is 6.10 Å². The Morgan fingerprint density at radius 2 is 1.67 bits per heavy atom. The zero-order valence-corrected chi connectivity index (χ0v) is 20.9. The SMILES string of the molecule is CCC(CC[C@@H](C)[C@H]1CC[C@H]2C3=CCC4C[C@@H](O)CC[C@]4(C)[C@H]3CC[C@]12C)C(C)C. The number of rotatable bonds is 6. The van der Waals surface area contributed by atoms with Crippen LogP contribution in [0, 0.1) is 52.3 Å². The highest BCUT2D eigenvalue weighted by atomic mass is 16.3. The molecule has 3 saturated carbocycles. The zero-order chi connectivity index (χ0) is 21.7. The van der Waals surface area contributed by atoms with Crippen molar-refractivity contribution in [3.05, 3.63) is 11.6 Å². The van der Waals surface area contributed by atoms with Gasteiger partial charge in [0.25, 0.3) is 0 Å². The summed E-state index contributed by atoms with van der Waals surface area (Å²) in [6, 6.07) is 0. The van der Waals surface area contributed by atoms with Crippen molar-refractivity contribution in [2.24, 2.45) is 52.3 Å². The van der Waals surface area contributed by atoms with Crippen molar-refractivity contribution >= 4 is 0 Å². The van der Waals surface area contributed by atoms with Crippen LogP contribution in [-0.4, -0.2) is 11.2 Å². The average molecular weight is 415 g/mol. The van der Waals surface area contributed by atoms with E-state index in [0.29, 0.717) is 10.8 Å². The van der Waals surface area contributed by atoms with Crippen LogP contribution < -0.4 is 0 Å². The summed E-state index contributed by atoms with van der Waals surface area (Å²) in [6.07, 6.45) is 17.2. The summed E-state index contributed by atoms with van der Waals surface area (Å²) >= 11 is 0. The standard InChI is InChI=1S/C29H50O/c1-7-21(19(2)3)9-8-20(4)25-12-13-26-24-11-10-22-18-23(30)14-16-28(22,5)27(24)15-17-29(25,26)6/h11,19-23,25-27,30H,7-10,12-18H2,1-6H3/t20-,21?,22?,23+,25-,26+,27+,28+,29-/m1/s1. The molecule has 1 nitrogen and oxygen atoms in total. The van der Waals surface area contributed by atoms with Gasteiger partial charge in [-0.2, -0.15) is 0 Å². The lowest BCUT2D eigenvalue weighted by molar-refractivity contribution is -0.0428. The molecule has 3 fully saturated rings. The molecule has 0 aliphatic heterocycles. The van der Waals surface area contributed by atoms with E-state index in [1.165, 1.54) is 57.8 Å². The lowest BCUT2D eigenvalue weighted by Gasteiger charge is -2.57. The highest BCUT2D eigenvalue weighted by Crippen LogP contribution is 2.67. The van der Waals surface area contributed by atoms with Gasteiger partial charge in [0.2, 0.25) is 0 Å². The molecule has 1 N–H and O–H groups in total. The third kappa shape index (κ3) is 3.74. The predicted octanol–water partition coefficient (Wildman–Crippen LogP) is 8.02. The molecule has 4 rings (SSSR count). The molecule has 2 unspecified atom stereocenters. The van der Waals surface area contributed by atoms with Crippen molar-refractivity contribution in [1.82, 2.24) is 0 Å². The van der Waals surface area contributed by atoms with Crippen LogP contribution >= 0.6 is 0 Å². The van der Waals surface area contributed by atoms with Gasteiger partial charge in [-0.3, -0.25) is 0 Å². The number of hydrogen-bond acceptors (Lipinski definition) is 1. The third-order valence-electron chi connectivity index (χ3n) is 11.3. The molecule has 9 atom stereocenters. The van der Waals surface area contributed by atoms with Crippen LogP contribution in [0.15, 0.2) is 11.6 Å². The summed E-state index contributed by atoms with van der Waals surface area (Å²) < 4.78 is 0. The molecule has 0 aromatic rings. The van der Waals surface area contributed by atoms with Crippen molar-refractivity contribution in [1.29, 1.82) is 0 Å².